The standard InChI is InChI=1S/C24H32FN5O3/c1-4-17(5-6-18-11-19(24(31)26-2)12-22(32-3)23(18)25)13-27-16-28-20-14-29-30(15-20)21-7-9-33-10-8-21/h4,11-15,21,28H,5-10,16H2,1-3H3,(H,26,31)/b17-4-,27-13-. The van der Waals surface area contributed by atoms with E-state index in [1.165, 1.54) is 20.2 Å². The second-order valence-electron chi connectivity index (χ2n) is 7.79. The van der Waals surface area contributed by atoms with Gasteiger partial charge in [0, 0.05) is 38.2 Å². The van der Waals surface area contributed by atoms with E-state index < -0.39 is 5.82 Å². The second-order valence-corrected chi connectivity index (χ2v) is 7.79. The molecule has 2 N–H and O–H groups in total. The predicted molar refractivity (Wildman–Crippen MR) is 127 cm³/mol. The number of anilines is 1. The van der Waals surface area contributed by atoms with Gasteiger partial charge >= 0.3 is 0 Å². The molecule has 0 spiro atoms. The molecule has 1 amide bonds. The Labute approximate surface area is 193 Å². The number of halogens is 1. The quantitative estimate of drug-likeness (QED) is 0.530. The molecule has 33 heavy (non-hydrogen) atoms. The summed E-state index contributed by atoms with van der Waals surface area (Å²) in [5.74, 6) is -0.665. The van der Waals surface area contributed by atoms with Crippen LogP contribution in [0.1, 0.15) is 48.1 Å². The van der Waals surface area contributed by atoms with Gasteiger partial charge < -0.3 is 20.1 Å². The van der Waals surface area contributed by atoms with Crippen LogP contribution >= 0.6 is 0 Å². The van der Waals surface area contributed by atoms with Gasteiger partial charge in [0.1, 0.15) is 6.67 Å². The van der Waals surface area contributed by atoms with Crippen LogP contribution in [0.4, 0.5) is 10.1 Å². The number of allylic oxidation sites excluding steroid dienone is 2. The van der Waals surface area contributed by atoms with E-state index in [1.54, 1.807) is 18.5 Å². The second kappa shape index (κ2) is 12.2. The van der Waals surface area contributed by atoms with E-state index in [-0.39, 0.29) is 11.7 Å². The smallest absolute Gasteiger partial charge is 0.251 e. The van der Waals surface area contributed by atoms with E-state index in [0.29, 0.717) is 36.7 Å². The van der Waals surface area contributed by atoms with Gasteiger partial charge in [0.15, 0.2) is 11.6 Å². The van der Waals surface area contributed by atoms with Crippen molar-refractivity contribution in [3.8, 4) is 5.75 Å². The SMILES string of the molecule is C/C=C(\C=N/CNc1cnn(C2CCOCC2)c1)CCc1cc(C(=O)NC)cc(OC)c1F. The highest BCUT2D eigenvalue weighted by atomic mass is 19.1. The average molecular weight is 458 g/mol. The molecule has 1 aromatic carbocycles. The van der Waals surface area contributed by atoms with Gasteiger partial charge in [0.2, 0.25) is 0 Å². The lowest BCUT2D eigenvalue weighted by Gasteiger charge is -2.22. The van der Waals surface area contributed by atoms with Crippen LogP contribution in [0.5, 0.6) is 5.75 Å². The summed E-state index contributed by atoms with van der Waals surface area (Å²) >= 11 is 0. The number of benzene rings is 1. The van der Waals surface area contributed by atoms with E-state index in [9.17, 15) is 9.18 Å². The largest absolute Gasteiger partial charge is 0.494 e. The number of hydrogen-bond acceptors (Lipinski definition) is 6. The molecule has 3 rings (SSSR count). The topological polar surface area (TPSA) is 89.8 Å². The van der Waals surface area contributed by atoms with E-state index in [0.717, 1.165) is 37.3 Å². The van der Waals surface area contributed by atoms with Crippen molar-refractivity contribution in [1.29, 1.82) is 0 Å². The Morgan fingerprint density at radius 2 is 2.18 bits per heavy atom. The zero-order chi connectivity index (χ0) is 23.6. The fraction of sp³-hybridized carbons (Fsp3) is 0.458. The van der Waals surface area contributed by atoms with Crippen LogP contribution in [-0.4, -0.2) is 55.9 Å². The number of carbonyl (C=O) groups is 1. The number of amides is 1. The highest BCUT2D eigenvalue weighted by Crippen LogP contribution is 2.25. The molecule has 178 valence electrons. The monoisotopic (exact) mass is 457 g/mol. The summed E-state index contributed by atoms with van der Waals surface area (Å²) in [7, 11) is 2.93. The first-order valence-electron chi connectivity index (χ1n) is 11.1. The Hall–Kier alpha value is -3.20. The number of aryl methyl sites for hydroxylation is 1. The van der Waals surface area contributed by atoms with Gasteiger partial charge in [0.25, 0.3) is 5.91 Å². The van der Waals surface area contributed by atoms with Crippen LogP contribution in [0, 0.1) is 5.82 Å². The van der Waals surface area contributed by atoms with Crippen molar-refractivity contribution >= 4 is 17.8 Å². The van der Waals surface area contributed by atoms with Crippen molar-refractivity contribution in [3.63, 3.8) is 0 Å². The molecule has 1 aliphatic rings. The third kappa shape index (κ3) is 6.64. The fourth-order valence-corrected chi connectivity index (χ4v) is 3.70. The minimum absolute atomic E-state index is 0.0623. The predicted octanol–water partition coefficient (Wildman–Crippen LogP) is 3.76. The van der Waals surface area contributed by atoms with Crippen molar-refractivity contribution in [2.75, 3.05) is 39.4 Å². The molecule has 2 heterocycles. The van der Waals surface area contributed by atoms with Crippen LogP contribution in [0.2, 0.25) is 0 Å². The number of carbonyl (C=O) groups excluding carboxylic acids is 1. The molecule has 1 fully saturated rings. The average Bonchev–Trinajstić information content (AvgIpc) is 3.33. The van der Waals surface area contributed by atoms with Crippen LogP contribution < -0.4 is 15.4 Å². The Balaban J connectivity index is 1.53. The molecule has 1 aliphatic heterocycles. The van der Waals surface area contributed by atoms with Gasteiger partial charge in [-0.05, 0) is 55.9 Å². The highest BCUT2D eigenvalue weighted by molar-refractivity contribution is 5.94. The lowest BCUT2D eigenvalue weighted by atomic mass is 10.0. The van der Waals surface area contributed by atoms with Crippen molar-refractivity contribution < 1.29 is 18.7 Å². The van der Waals surface area contributed by atoms with Gasteiger partial charge in [0.05, 0.1) is 25.0 Å². The number of methoxy groups -OCH3 is 1. The van der Waals surface area contributed by atoms with E-state index in [4.69, 9.17) is 9.47 Å². The minimum atomic E-state index is -0.444. The van der Waals surface area contributed by atoms with Gasteiger partial charge in [-0.2, -0.15) is 5.10 Å². The molecule has 0 atom stereocenters. The van der Waals surface area contributed by atoms with E-state index in [1.807, 2.05) is 23.9 Å². The lowest BCUT2D eigenvalue weighted by Crippen LogP contribution is -2.19. The lowest BCUT2D eigenvalue weighted by molar-refractivity contribution is 0.0662. The summed E-state index contributed by atoms with van der Waals surface area (Å²) in [6.45, 7) is 3.88. The molecule has 0 aliphatic carbocycles. The van der Waals surface area contributed by atoms with Crippen LogP contribution in [0.3, 0.4) is 0 Å². The molecule has 0 saturated carbocycles. The molecule has 1 saturated heterocycles. The molecule has 0 bridgehead atoms. The number of ether oxygens (including phenoxy) is 2. The molecule has 0 unspecified atom stereocenters. The van der Waals surface area contributed by atoms with Crippen molar-refractivity contribution in [1.82, 2.24) is 15.1 Å². The molecule has 2 aromatic rings. The molecule has 8 nitrogen and oxygen atoms in total. The first-order valence-corrected chi connectivity index (χ1v) is 11.1. The first-order chi connectivity index (χ1) is 16.0. The molecule has 9 heteroatoms. The number of aromatic nitrogens is 2. The van der Waals surface area contributed by atoms with Gasteiger partial charge in [-0.1, -0.05) is 6.08 Å². The van der Waals surface area contributed by atoms with Crippen LogP contribution in [-0.2, 0) is 11.2 Å². The maximum Gasteiger partial charge on any atom is 0.251 e. The minimum Gasteiger partial charge on any atom is -0.494 e. The summed E-state index contributed by atoms with van der Waals surface area (Å²) in [6, 6.07) is 3.36. The number of hydrogen-bond donors (Lipinski definition) is 2. The van der Waals surface area contributed by atoms with Crippen LogP contribution in [0.25, 0.3) is 0 Å². The Bertz CT molecular complexity index is 996. The number of nitrogens with zero attached hydrogens (tertiary/aromatic N) is 3. The zero-order valence-electron chi connectivity index (χ0n) is 19.4. The maximum atomic E-state index is 14.7. The molecular weight excluding hydrogens is 425 g/mol. The third-order valence-corrected chi connectivity index (χ3v) is 5.68. The fourth-order valence-electron chi connectivity index (χ4n) is 3.70. The summed E-state index contributed by atoms with van der Waals surface area (Å²) in [6.07, 6.45) is 10.5. The summed E-state index contributed by atoms with van der Waals surface area (Å²) in [4.78, 5) is 16.4. The Kier molecular flexibility index (Phi) is 9.00. The normalized spacial score (nSPS) is 15.1. The van der Waals surface area contributed by atoms with E-state index >= 15 is 0 Å². The van der Waals surface area contributed by atoms with Gasteiger partial charge in [-0.3, -0.25) is 14.5 Å². The number of nitrogens with one attached hydrogen (secondary N) is 2. The molecular formula is C24H32FN5O3. The van der Waals surface area contributed by atoms with Crippen molar-refractivity contribution in [2.45, 2.75) is 38.6 Å². The van der Waals surface area contributed by atoms with Gasteiger partial charge in [-0.25, -0.2) is 4.39 Å². The molecule has 0 radical (unpaired) electrons. The maximum absolute atomic E-state index is 14.7. The summed E-state index contributed by atoms with van der Waals surface area (Å²) in [5.41, 5.74) is 2.69. The number of rotatable bonds is 10. The highest BCUT2D eigenvalue weighted by Gasteiger charge is 2.17. The van der Waals surface area contributed by atoms with Crippen molar-refractivity contribution in [2.24, 2.45) is 4.99 Å². The van der Waals surface area contributed by atoms with Gasteiger partial charge in [-0.15, -0.1) is 0 Å². The Morgan fingerprint density at radius 3 is 2.88 bits per heavy atom. The number of aliphatic imine (C=N–C) groups is 1. The van der Waals surface area contributed by atoms with Crippen molar-refractivity contribution in [3.05, 3.63) is 53.1 Å². The Morgan fingerprint density at radius 1 is 1.39 bits per heavy atom. The zero-order valence-corrected chi connectivity index (χ0v) is 19.4. The third-order valence-electron chi connectivity index (χ3n) is 5.68. The van der Waals surface area contributed by atoms with Crippen LogP contribution in [0.15, 0.2) is 41.2 Å². The first kappa shape index (κ1) is 24.4. The summed E-state index contributed by atoms with van der Waals surface area (Å²) in [5, 5.41) is 10.2. The summed E-state index contributed by atoms with van der Waals surface area (Å²) < 4.78 is 27.2. The molecule has 1 aromatic heterocycles. The van der Waals surface area contributed by atoms with E-state index in [2.05, 4.69) is 20.7 Å².